The molecule has 1 aromatic heterocycles. The van der Waals surface area contributed by atoms with E-state index in [4.69, 9.17) is 4.42 Å². The molecule has 0 aliphatic rings. The first-order valence-corrected chi connectivity index (χ1v) is 9.61. The Balaban J connectivity index is 2.00. The lowest BCUT2D eigenvalue weighted by Gasteiger charge is -2.13. The Hall–Kier alpha value is -2.00. The van der Waals surface area contributed by atoms with E-state index >= 15 is 0 Å². The van der Waals surface area contributed by atoms with Crippen molar-refractivity contribution in [3.8, 4) is 0 Å². The fourth-order valence-corrected chi connectivity index (χ4v) is 4.08. The minimum Gasteiger partial charge on any atom is -0.423 e. The molecule has 2 aromatic carbocycles. The van der Waals surface area contributed by atoms with Crippen LogP contribution < -0.4 is 5.63 Å². The number of thioether (sulfide) groups is 1. The summed E-state index contributed by atoms with van der Waals surface area (Å²) in [5, 5.41) is 1.05. The number of hydrogen-bond acceptors (Lipinski definition) is 3. The van der Waals surface area contributed by atoms with Crippen molar-refractivity contribution in [1.82, 2.24) is 0 Å². The van der Waals surface area contributed by atoms with E-state index in [1.165, 1.54) is 27.1 Å². The van der Waals surface area contributed by atoms with Gasteiger partial charge in [-0.1, -0.05) is 19.9 Å². The third-order valence-corrected chi connectivity index (χ3v) is 5.75. The lowest BCUT2D eigenvalue weighted by Crippen LogP contribution is -2.02. The average Bonchev–Trinajstić information content (AvgIpc) is 2.54. The van der Waals surface area contributed by atoms with Gasteiger partial charge in [0.2, 0.25) is 0 Å². The molecule has 0 unspecified atom stereocenters. The van der Waals surface area contributed by atoms with Gasteiger partial charge in [-0.2, -0.15) is 0 Å². The van der Waals surface area contributed by atoms with Crippen molar-refractivity contribution in [3.63, 3.8) is 0 Å². The van der Waals surface area contributed by atoms with Crippen LogP contribution in [0.15, 0.2) is 50.5 Å². The predicted molar refractivity (Wildman–Crippen MR) is 107 cm³/mol. The molecule has 0 bridgehead atoms. The summed E-state index contributed by atoms with van der Waals surface area (Å²) >= 11 is 1.76. The molecule has 0 amide bonds. The Labute approximate surface area is 153 Å². The van der Waals surface area contributed by atoms with Gasteiger partial charge in [0, 0.05) is 22.1 Å². The van der Waals surface area contributed by atoms with E-state index < -0.39 is 0 Å². The third-order valence-electron chi connectivity index (χ3n) is 4.71. The topological polar surface area (TPSA) is 30.2 Å². The number of aryl methyl sites for hydroxylation is 3. The zero-order valence-corrected chi connectivity index (χ0v) is 16.3. The van der Waals surface area contributed by atoms with Crippen LogP contribution in [0.1, 0.15) is 47.6 Å². The minimum atomic E-state index is -0.278. The molecule has 0 aliphatic heterocycles. The van der Waals surface area contributed by atoms with Crippen LogP contribution in [-0.4, -0.2) is 0 Å². The van der Waals surface area contributed by atoms with E-state index in [9.17, 15) is 4.79 Å². The Morgan fingerprint density at radius 2 is 1.72 bits per heavy atom. The molecule has 2 nitrogen and oxygen atoms in total. The lowest BCUT2D eigenvalue weighted by molar-refractivity contribution is 0.559. The Morgan fingerprint density at radius 1 is 0.960 bits per heavy atom. The van der Waals surface area contributed by atoms with Gasteiger partial charge in [0.1, 0.15) is 5.58 Å². The van der Waals surface area contributed by atoms with E-state index in [1.54, 1.807) is 17.8 Å². The molecule has 1 heterocycles. The molecule has 0 spiro atoms. The molecular formula is C22H24O2S. The first kappa shape index (κ1) is 17.8. The monoisotopic (exact) mass is 352 g/mol. The van der Waals surface area contributed by atoms with Gasteiger partial charge in [-0.05, 0) is 78.8 Å². The quantitative estimate of drug-likeness (QED) is 0.418. The van der Waals surface area contributed by atoms with Crippen molar-refractivity contribution in [2.75, 3.05) is 0 Å². The van der Waals surface area contributed by atoms with Crippen LogP contribution >= 0.6 is 11.8 Å². The molecule has 0 N–H and O–H groups in total. The molecule has 0 atom stereocenters. The second-order valence-electron chi connectivity index (χ2n) is 6.99. The average molecular weight is 352 g/mol. The summed E-state index contributed by atoms with van der Waals surface area (Å²) in [6.07, 6.45) is 0. The van der Waals surface area contributed by atoms with Crippen molar-refractivity contribution in [2.24, 2.45) is 0 Å². The molecule has 0 aliphatic carbocycles. The molecule has 3 rings (SSSR count). The molecule has 25 heavy (non-hydrogen) atoms. The molecular weight excluding hydrogens is 328 g/mol. The molecule has 0 radical (unpaired) electrons. The van der Waals surface area contributed by atoms with E-state index in [-0.39, 0.29) is 5.63 Å². The first-order valence-electron chi connectivity index (χ1n) is 8.62. The van der Waals surface area contributed by atoms with Crippen LogP contribution in [0.3, 0.4) is 0 Å². The van der Waals surface area contributed by atoms with Crippen LogP contribution in [0, 0.1) is 20.8 Å². The highest BCUT2D eigenvalue weighted by molar-refractivity contribution is 7.98. The van der Waals surface area contributed by atoms with Gasteiger partial charge < -0.3 is 4.42 Å². The third kappa shape index (κ3) is 3.82. The summed E-state index contributed by atoms with van der Waals surface area (Å²) < 4.78 is 5.44. The highest BCUT2D eigenvalue weighted by Gasteiger charge is 2.12. The smallest absolute Gasteiger partial charge is 0.336 e. The Kier molecular flexibility index (Phi) is 5.05. The van der Waals surface area contributed by atoms with E-state index in [2.05, 4.69) is 58.9 Å². The van der Waals surface area contributed by atoms with Crippen molar-refractivity contribution < 1.29 is 4.42 Å². The summed E-state index contributed by atoms with van der Waals surface area (Å²) in [6.45, 7) is 10.7. The standard InChI is InChI=1S/C22H24O2S/c1-13(2)19-11-20-17(10-22(23)24-21(20)9-16(19)5)12-25-18-7-6-14(3)15(4)8-18/h6-11,13H,12H2,1-5H3. The highest BCUT2D eigenvalue weighted by Crippen LogP contribution is 2.31. The van der Waals surface area contributed by atoms with Crippen LogP contribution in [0.2, 0.25) is 0 Å². The van der Waals surface area contributed by atoms with Crippen LogP contribution in [-0.2, 0) is 5.75 Å². The van der Waals surface area contributed by atoms with Crippen molar-refractivity contribution in [2.45, 2.75) is 51.2 Å². The zero-order chi connectivity index (χ0) is 18.1. The summed E-state index contributed by atoms with van der Waals surface area (Å²) in [5.74, 6) is 1.20. The Morgan fingerprint density at radius 3 is 2.40 bits per heavy atom. The van der Waals surface area contributed by atoms with E-state index in [1.807, 2.05) is 6.07 Å². The van der Waals surface area contributed by atoms with Gasteiger partial charge in [0.25, 0.3) is 0 Å². The number of rotatable bonds is 4. The zero-order valence-electron chi connectivity index (χ0n) is 15.5. The van der Waals surface area contributed by atoms with Gasteiger partial charge in [-0.3, -0.25) is 0 Å². The van der Waals surface area contributed by atoms with Gasteiger partial charge in [0.05, 0.1) is 0 Å². The van der Waals surface area contributed by atoms with Crippen molar-refractivity contribution in [1.29, 1.82) is 0 Å². The molecule has 3 heteroatoms. The number of fused-ring (bicyclic) bond motifs is 1. The molecule has 0 saturated carbocycles. The van der Waals surface area contributed by atoms with E-state index in [0.717, 1.165) is 16.7 Å². The van der Waals surface area contributed by atoms with Gasteiger partial charge in [0.15, 0.2) is 0 Å². The maximum atomic E-state index is 12.0. The normalized spacial score (nSPS) is 11.4. The van der Waals surface area contributed by atoms with Gasteiger partial charge >= 0.3 is 5.63 Å². The van der Waals surface area contributed by atoms with Gasteiger partial charge in [-0.15, -0.1) is 11.8 Å². The largest absolute Gasteiger partial charge is 0.423 e. The SMILES string of the molecule is Cc1ccc(SCc2cc(=O)oc3cc(C)c(C(C)C)cc23)cc1C. The van der Waals surface area contributed by atoms with E-state index in [0.29, 0.717) is 11.5 Å². The Bertz CT molecular complexity index is 983. The highest BCUT2D eigenvalue weighted by atomic mass is 32.2. The van der Waals surface area contributed by atoms with Crippen molar-refractivity contribution >= 4 is 22.7 Å². The van der Waals surface area contributed by atoms with Crippen LogP contribution in [0.25, 0.3) is 11.0 Å². The maximum Gasteiger partial charge on any atom is 0.336 e. The van der Waals surface area contributed by atoms with Gasteiger partial charge in [-0.25, -0.2) is 4.79 Å². The minimum absolute atomic E-state index is 0.278. The summed E-state index contributed by atoms with van der Waals surface area (Å²) in [7, 11) is 0. The van der Waals surface area contributed by atoms with Crippen molar-refractivity contribution in [3.05, 3.63) is 74.6 Å². The van der Waals surface area contributed by atoms with Crippen LogP contribution in [0.4, 0.5) is 0 Å². The summed E-state index contributed by atoms with van der Waals surface area (Å²) in [4.78, 5) is 13.2. The number of benzene rings is 2. The maximum absolute atomic E-state index is 12.0. The number of hydrogen-bond donors (Lipinski definition) is 0. The summed E-state index contributed by atoms with van der Waals surface area (Å²) in [5.41, 5.74) is 6.51. The second kappa shape index (κ2) is 7.09. The predicted octanol–water partition coefficient (Wildman–Crippen LogP) is 6.13. The second-order valence-corrected chi connectivity index (χ2v) is 8.03. The molecule has 0 saturated heterocycles. The molecule has 3 aromatic rings. The first-order chi connectivity index (χ1) is 11.8. The van der Waals surface area contributed by atoms with Crippen LogP contribution in [0.5, 0.6) is 0 Å². The molecule has 130 valence electrons. The fraction of sp³-hybridized carbons (Fsp3) is 0.318. The summed E-state index contributed by atoms with van der Waals surface area (Å²) in [6, 6.07) is 12.3. The molecule has 0 fully saturated rings. The lowest BCUT2D eigenvalue weighted by atomic mass is 9.95. The fourth-order valence-electron chi connectivity index (χ4n) is 3.10.